The van der Waals surface area contributed by atoms with Crippen molar-refractivity contribution in [3.63, 3.8) is 0 Å². The molecule has 0 bridgehead atoms. The smallest absolute Gasteiger partial charge is 0.416 e. The van der Waals surface area contributed by atoms with Gasteiger partial charge in [0.05, 0.1) is 11.3 Å². The number of aryl methyl sites for hydroxylation is 1. The molecule has 1 N–H and O–H groups in total. The molecule has 0 aliphatic carbocycles. The molecule has 0 unspecified atom stereocenters. The summed E-state index contributed by atoms with van der Waals surface area (Å²) in [6, 6.07) is 15.5. The average molecular weight is 317 g/mol. The molecule has 3 aromatic rings. The third-order valence-electron chi connectivity index (χ3n) is 3.71. The summed E-state index contributed by atoms with van der Waals surface area (Å²) in [7, 11) is 0. The van der Waals surface area contributed by atoms with Crippen LogP contribution in [0.15, 0.2) is 60.7 Å². The summed E-state index contributed by atoms with van der Waals surface area (Å²) >= 11 is 0. The van der Waals surface area contributed by atoms with E-state index in [-0.39, 0.29) is 5.75 Å². The van der Waals surface area contributed by atoms with Gasteiger partial charge in [0.15, 0.2) is 0 Å². The lowest BCUT2D eigenvalue weighted by Gasteiger charge is -2.14. The third kappa shape index (κ3) is 2.82. The van der Waals surface area contributed by atoms with E-state index in [9.17, 15) is 18.3 Å². The highest BCUT2D eigenvalue weighted by Crippen LogP contribution is 2.34. The minimum Gasteiger partial charge on any atom is -0.507 e. The lowest BCUT2D eigenvalue weighted by molar-refractivity contribution is -0.137. The molecule has 0 spiro atoms. The molecular formula is C18H14F3NO. The van der Waals surface area contributed by atoms with Gasteiger partial charge in [0.1, 0.15) is 5.75 Å². The van der Waals surface area contributed by atoms with Crippen LogP contribution in [0.2, 0.25) is 0 Å². The maximum atomic E-state index is 12.7. The van der Waals surface area contributed by atoms with Crippen molar-refractivity contribution in [1.29, 1.82) is 0 Å². The van der Waals surface area contributed by atoms with Crippen molar-refractivity contribution in [2.45, 2.75) is 13.1 Å². The van der Waals surface area contributed by atoms with Crippen LogP contribution in [0.4, 0.5) is 13.2 Å². The number of phenols is 1. The van der Waals surface area contributed by atoms with Crippen LogP contribution in [0.3, 0.4) is 0 Å². The Balaban J connectivity index is 2.11. The predicted molar refractivity (Wildman–Crippen MR) is 82.6 cm³/mol. The maximum absolute atomic E-state index is 12.7. The molecule has 118 valence electrons. The highest BCUT2D eigenvalue weighted by molar-refractivity contribution is 5.70. The highest BCUT2D eigenvalue weighted by atomic mass is 19.4. The molecule has 3 rings (SSSR count). The van der Waals surface area contributed by atoms with Gasteiger partial charge in [-0.2, -0.15) is 13.2 Å². The van der Waals surface area contributed by atoms with Crippen LogP contribution in [-0.4, -0.2) is 9.67 Å². The van der Waals surface area contributed by atoms with Gasteiger partial charge in [-0.1, -0.05) is 12.1 Å². The van der Waals surface area contributed by atoms with Crippen LogP contribution in [0.25, 0.3) is 16.9 Å². The zero-order valence-corrected chi connectivity index (χ0v) is 12.3. The van der Waals surface area contributed by atoms with Crippen molar-refractivity contribution in [1.82, 2.24) is 4.57 Å². The van der Waals surface area contributed by atoms with E-state index in [0.717, 1.165) is 23.5 Å². The standard InChI is InChI=1S/C18H14F3NO/c1-12-6-11-16(15-4-2-3-5-17(15)23)22(12)14-9-7-13(8-10-14)18(19,20)21/h2-11,23H,1H3. The largest absolute Gasteiger partial charge is 0.507 e. The summed E-state index contributed by atoms with van der Waals surface area (Å²) in [6.07, 6.45) is -4.36. The number of benzene rings is 2. The van der Waals surface area contributed by atoms with Gasteiger partial charge < -0.3 is 9.67 Å². The molecule has 0 radical (unpaired) electrons. The minimum absolute atomic E-state index is 0.124. The Morgan fingerprint density at radius 2 is 1.52 bits per heavy atom. The molecular weight excluding hydrogens is 303 g/mol. The average Bonchev–Trinajstić information content (AvgIpc) is 2.88. The zero-order valence-electron chi connectivity index (χ0n) is 12.3. The second kappa shape index (κ2) is 5.50. The number of phenolic OH excluding ortho intramolecular Hbond substituents is 1. The topological polar surface area (TPSA) is 25.2 Å². The summed E-state index contributed by atoms with van der Waals surface area (Å²) in [4.78, 5) is 0. The number of hydrogen-bond donors (Lipinski definition) is 1. The SMILES string of the molecule is Cc1ccc(-c2ccccc2O)n1-c1ccc(C(F)(F)F)cc1. The Hall–Kier alpha value is -2.69. The van der Waals surface area contributed by atoms with Crippen LogP contribution >= 0.6 is 0 Å². The molecule has 0 amide bonds. The fraction of sp³-hybridized carbons (Fsp3) is 0.111. The summed E-state index contributed by atoms with van der Waals surface area (Å²) in [6.45, 7) is 1.86. The van der Waals surface area contributed by atoms with Crippen molar-refractivity contribution in [3.8, 4) is 22.7 Å². The molecule has 0 aliphatic heterocycles. The van der Waals surface area contributed by atoms with E-state index in [0.29, 0.717) is 11.3 Å². The Morgan fingerprint density at radius 3 is 2.13 bits per heavy atom. The molecule has 0 aliphatic rings. The molecule has 23 heavy (non-hydrogen) atoms. The van der Waals surface area contributed by atoms with Crippen LogP contribution in [0, 0.1) is 6.92 Å². The number of nitrogens with zero attached hydrogens (tertiary/aromatic N) is 1. The Labute approximate surface area is 131 Å². The number of hydrogen-bond acceptors (Lipinski definition) is 1. The molecule has 1 heterocycles. The first-order valence-electron chi connectivity index (χ1n) is 7.02. The van der Waals surface area contributed by atoms with E-state index in [1.165, 1.54) is 12.1 Å². The number of rotatable bonds is 2. The summed E-state index contributed by atoms with van der Waals surface area (Å²) in [5.41, 5.74) is 2.14. The van der Waals surface area contributed by atoms with E-state index in [4.69, 9.17) is 0 Å². The van der Waals surface area contributed by atoms with Crippen molar-refractivity contribution in [2.75, 3.05) is 0 Å². The van der Waals surface area contributed by atoms with Crippen molar-refractivity contribution < 1.29 is 18.3 Å². The van der Waals surface area contributed by atoms with E-state index >= 15 is 0 Å². The molecule has 0 fully saturated rings. The Bertz CT molecular complexity index is 832. The normalized spacial score (nSPS) is 11.7. The fourth-order valence-electron chi connectivity index (χ4n) is 2.58. The molecule has 2 nitrogen and oxygen atoms in total. The minimum atomic E-state index is -4.36. The van der Waals surface area contributed by atoms with Gasteiger partial charge in [-0.05, 0) is 55.5 Å². The van der Waals surface area contributed by atoms with E-state index in [1.807, 2.05) is 23.6 Å². The predicted octanol–water partition coefficient (Wildman–Crippen LogP) is 5.18. The molecule has 5 heteroatoms. The van der Waals surface area contributed by atoms with Gasteiger partial charge in [0.25, 0.3) is 0 Å². The quantitative estimate of drug-likeness (QED) is 0.692. The molecule has 0 saturated heterocycles. The first-order valence-corrected chi connectivity index (χ1v) is 7.02. The van der Waals surface area contributed by atoms with Crippen molar-refractivity contribution in [3.05, 3.63) is 71.9 Å². The number of para-hydroxylation sites is 1. The second-order valence-corrected chi connectivity index (χ2v) is 5.26. The lowest BCUT2D eigenvalue weighted by atomic mass is 10.1. The van der Waals surface area contributed by atoms with Gasteiger partial charge >= 0.3 is 6.18 Å². The summed E-state index contributed by atoms with van der Waals surface area (Å²) in [5.74, 6) is 0.124. The molecule has 0 saturated carbocycles. The second-order valence-electron chi connectivity index (χ2n) is 5.26. The van der Waals surface area contributed by atoms with Crippen LogP contribution in [0.5, 0.6) is 5.75 Å². The van der Waals surface area contributed by atoms with E-state index in [2.05, 4.69) is 0 Å². The maximum Gasteiger partial charge on any atom is 0.416 e. The van der Waals surface area contributed by atoms with Gasteiger partial charge in [0, 0.05) is 16.9 Å². The van der Waals surface area contributed by atoms with E-state index < -0.39 is 11.7 Å². The van der Waals surface area contributed by atoms with Crippen molar-refractivity contribution in [2.24, 2.45) is 0 Å². The Kier molecular flexibility index (Phi) is 3.64. The first kappa shape index (κ1) is 15.2. The fourth-order valence-corrected chi connectivity index (χ4v) is 2.58. The number of aromatic hydroxyl groups is 1. The van der Waals surface area contributed by atoms with Crippen molar-refractivity contribution >= 4 is 0 Å². The van der Waals surface area contributed by atoms with Gasteiger partial charge in [-0.3, -0.25) is 0 Å². The summed E-state index contributed by atoms with van der Waals surface area (Å²) < 4.78 is 39.9. The van der Waals surface area contributed by atoms with Gasteiger partial charge in [0.2, 0.25) is 0 Å². The summed E-state index contributed by atoms with van der Waals surface area (Å²) in [5, 5.41) is 10.0. The van der Waals surface area contributed by atoms with Crippen LogP contribution < -0.4 is 0 Å². The molecule has 0 atom stereocenters. The molecule has 2 aromatic carbocycles. The number of aromatic nitrogens is 1. The van der Waals surface area contributed by atoms with Gasteiger partial charge in [-0.25, -0.2) is 0 Å². The van der Waals surface area contributed by atoms with Crippen LogP contribution in [0.1, 0.15) is 11.3 Å². The van der Waals surface area contributed by atoms with E-state index in [1.54, 1.807) is 24.3 Å². The third-order valence-corrected chi connectivity index (χ3v) is 3.71. The van der Waals surface area contributed by atoms with Gasteiger partial charge in [-0.15, -0.1) is 0 Å². The molecule has 1 aromatic heterocycles. The highest BCUT2D eigenvalue weighted by Gasteiger charge is 2.30. The van der Waals surface area contributed by atoms with Crippen LogP contribution in [-0.2, 0) is 6.18 Å². The zero-order chi connectivity index (χ0) is 16.6. The lowest BCUT2D eigenvalue weighted by Crippen LogP contribution is -2.05. The number of alkyl halides is 3. The Morgan fingerprint density at radius 1 is 0.870 bits per heavy atom. The first-order chi connectivity index (χ1) is 10.9. The monoisotopic (exact) mass is 317 g/mol. The number of halogens is 3.